The fraction of sp³-hybridized carbons (Fsp3) is 0.737. The Balaban J connectivity index is 1.76. The van der Waals surface area contributed by atoms with Crippen LogP contribution in [0.25, 0.3) is 0 Å². The summed E-state index contributed by atoms with van der Waals surface area (Å²) in [6, 6.07) is 0. The Labute approximate surface area is 161 Å². The Morgan fingerprint density at radius 1 is 1.11 bits per heavy atom. The lowest BCUT2D eigenvalue weighted by Gasteiger charge is -2.34. The maximum Gasteiger partial charge on any atom is 0.289 e. The van der Waals surface area contributed by atoms with E-state index in [-0.39, 0.29) is 11.8 Å². The standard InChI is InChI=1S/C19H32N6O2/c1-4-23-11-13-24(14-12-23)19(27)17-21-16(15-7-5-6-9-25(15)17)18(26)20-8-10-22(2)3/h4-14H2,1-3H3,(H,20,26). The summed E-state index contributed by atoms with van der Waals surface area (Å²) in [7, 11) is 3.94. The Morgan fingerprint density at radius 3 is 2.52 bits per heavy atom. The molecule has 8 nitrogen and oxygen atoms in total. The molecule has 0 unspecified atom stereocenters. The van der Waals surface area contributed by atoms with Gasteiger partial charge in [-0.3, -0.25) is 9.59 Å². The van der Waals surface area contributed by atoms with Crippen LogP contribution in [-0.4, -0.2) is 96.0 Å². The van der Waals surface area contributed by atoms with E-state index in [1.165, 1.54) is 0 Å². The van der Waals surface area contributed by atoms with Gasteiger partial charge in [0.1, 0.15) is 5.69 Å². The number of fused-ring (bicyclic) bond motifs is 1. The first kappa shape index (κ1) is 19.8. The van der Waals surface area contributed by atoms with Crippen molar-refractivity contribution >= 4 is 11.8 Å². The Bertz CT molecular complexity index is 676. The molecule has 1 aromatic heterocycles. The lowest BCUT2D eigenvalue weighted by molar-refractivity contribution is 0.0625. The average molecular weight is 377 g/mol. The maximum absolute atomic E-state index is 13.1. The molecule has 0 atom stereocenters. The minimum Gasteiger partial charge on any atom is -0.349 e. The molecular weight excluding hydrogens is 344 g/mol. The number of nitrogens with one attached hydrogen (secondary N) is 1. The molecule has 8 heteroatoms. The molecule has 3 rings (SSSR count). The number of hydrogen-bond donors (Lipinski definition) is 1. The number of likely N-dealkylation sites (N-methyl/N-ethyl adjacent to an activating group) is 2. The van der Waals surface area contributed by atoms with Crippen LogP contribution in [-0.2, 0) is 13.0 Å². The number of carbonyl (C=O) groups excluding carboxylic acids is 2. The van der Waals surface area contributed by atoms with E-state index in [1.54, 1.807) is 0 Å². The number of hydrogen-bond acceptors (Lipinski definition) is 5. The summed E-state index contributed by atoms with van der Waals surface area (Å²) in [6.07, 6.45) is 2.86. The van der Waals surface area contributed by atoms with E-state index in [1.807, 2.05) is 28.5 Å². The number of piperazine rings is 1. The van der Waals surface area contributed by atoms with E-state index in [0.717, 1.165) is 70.8 Å². The highest BCUT2D eigenvalue weighted by Crippen LogP contribution is 2.22. The largest absolute Gasteiger partial charge is 0.349 e. The second kappa shape index (κ2) is 8.84. The first-order chi connectivity index (χ1) is 13.0. The number of carbonyl (C=O) groups is 2. The number of nitrogens with zero attached hydrogens (tertiary/aromatic N) is 5. The molecular formula is C19H32N6O2. The van der Waals surface area contributed by atoms with Gasteiger partial charge in [0.25, 0.3) is 11.8 Å². The molecule has 1 aromatic rings. The van der Waals surface area contributed by atoms with Crippen LogP contribution in [0.5, 0.6) is 0 Å². The third kappa shape index (κ3) is 4.50. The molecule has 0 bridgehead atoms. The molecule has 0 spiro atoms. The molecule has 0 radical (unpaired) electrons. The highest BCUT2D eigenvalue weighted by Gasteiger charge is 2.30. The van der Waals surface area contributed by atoms with Gasteiger partial charge in [-0.05, 0) is 39.9 Å². The SMILES string of the molecule is CCN1CCN(C(=O)c2nc(C(=O)NCCN(C)C)c3n2CCCC3)CC1. The predicted octanol–water partition coefficient (Wildman–Crippen LogP) is 0.289. The van der Waals surface area contributed by atoms with Gasteiger partial charge >= 0.3 is 0 Å². The molecule has 2 aliphatic heterocycles. The van der Waals surface area contributed by atoms with Crippen LogP contribution in [0.4, 0.5) is 0 Å². The lowest BCUT2D eigenvalue weighted by Crippen LogP contribution is -2.49. The summed E-state index contributed by atoms with van der Waals surface area (Å²) in [5, 5.41) is 2.94. The molecule has 3 heterocycles. The monoisotopic (exact) mass is 376 g/mol. The highest BCUT2D eigenvalue weighted by atomic mass is 16.2. The smallest absolute Gasteiger partial charge is 0.289 e. The number of rotatable bonds is 6. The normalized spacial score (nSPS) is 17.9. The second-order valence-electron chi connectivity index (χ2n) is 7.63. The van der Waals surface area contributed by atoms with Crippen molar-refractivity contribution in [2.45, 2.75) is 32.7 Å². The van der Waals surface area contributed by atoms with Gasteiger partial charge in [-0.1, -0.05) is 6.92 Å². The van der Waals surface area contributed by atoms with E-state index in [4.69, 9.17) is 0 Å². The van der Waals surface area contributed by atoms with Crippen LogP contribution in [0, 0.1) is 0 Å². The third-order valence-electron chi connectivity index (χ3n) is 5.48. The average Bonchev–Trinajstić information content (AvgIpc) is 3.07. The molecule has 1 N–H and O–H groups in total. The molecule has 0 saturated carbocycles. The van der Waals surface area contributed by atoms with Crippen molar-refractivity contribution in [3.63, 3.8) is 0 Å². The third-order valence-corrected chi connectivity index (χ3v) is 5.48. The van der Waals surface area contributed by atoms with Gasteiger partial charge in [0.05, 0.1) is 5.69 Å². The Morgan fingerprint density at radius 2 is 1.85 bits per heavy atom. The fourth-order valence-corrected chi connectivity index (χ4v) is 3.77. The van der Waals surface area contributed by atoms with Crippen LogP contribution in [0.1, 0.15) is 46.6 Å². The van der Waals surface area contributed by atoms with Crippen LogP contribution in [0.3, 0.4) is 0 Å². The second-order valence-corrected chi connectivity index (χ2v) is 7.63. The minimum atomic E-state index is -0.169. The van der Waals surface area contributed by atoms with Crippen molar-refractivity contribution in [1.29, 1.82) is 0 Å². The topological polar surface area (TPSA) is 73.7 Å². The number of amides is 2. The zero-order valence-electron chi connectivity index (χ0n) is 16.8. The summed E-state index contributed by atoms with van der Waals surface area (Å²) in [5.41, 5.74) is 1.35. The minimum absolute atomic E-state index is 0.0405. The van der Waals surface area contributed by atoms with Crippen molar-refractivity contribution in [2.24, 2.45) is 0 Å². The summed E-state index contributed by atoms with van der Waals surface area (Å²) < 4.78 is 1.99. The predicted molar refractivity (Wildman–Crippen MR) is 104 cm³/mol. The van der Waals surface area contributed by atoms with Crippen molar-refractivity contribution in [2.75, 3.05) is 59.9 Å². The number of imidazole rings is 1. The fourth-order valence-electron chi connectivity index (χ4n) is 3.77. The van der Waals surface area contributed by atoms with Crippen LogP contribution in [0.15, 0.2) is 0 Å². The van der Waals surface area contributed by atoms with Gasteiger partial charge in [-0.2, -0.15) is 0 Å². The molecule has 150 valence electrons. The van der Waals surface area contributed by atoms with Gasteiger partial charge in [0.2, 0.25) is 0 Å². The quantitative estimate of drug-likeness (QED) is 0.772. The Hall–Kier alpha value is -1.93. The summed E-state index contributed by atoms with van der Waals surface area (Å²) in [5.74, 6) is 0.228. The zero-order chi connectivity index (χ0) is 19.4. The molecule has 1 saturated heterocycles. The summed E-state index contributed by atoms with van der Waals surface area (Å²) in [6.45, 7) is 8.50. The zero-order valence-corrected chi connectivity index (χ0v) is 16.8. The van der Waals surface area contributed by atoms with Gasteiger partial charge in [-0.25, -0.2) is 4.98 Å². The number of aromatic nitrogens is 2. The van der Waals surface area contributed by atoms with E-state index < -0.39 is 0 Å². The molecule has 2 amide bonds. The lowest BCUT2D eigenvalue weighted by atomic mass is 10.1. The van der Waals surface area contributed by atoms with Crippen LogP contribution >= 0.6 is 0 Å². The van der Waals surface area contributed by atoms with E-state index in [9.17, 15) is 9.59 Å². The molecule has 1 fully saturated rings. The van der Waals surface area contributed by atoms with E-state index in [2.05, 4.69) is 22.1 Å². The van der Waals surface area contributed by atoms with E-state index in [0.29, 0.717) is 18.1 Å². The summed E-state index contributed by atoms with van der Waals surface area (Å²) >= 11 is 0. The highest BCUT2D eigenvalue weighted by molar-refractivity contribution is 5.97. The van der Waals surface area contributed by atoms with Gasteiger partial charge in [0, 0.05) is 45.8 Å². The summed E-state index contributed by atoms with van der Waals surface area (Å²) in [4.78, 5) is 36.5. The van der Waals surface area contributed by atoms with Crippen LogP contribution < -0.4 is 5.32 Å². The molecule has 0 aliphatic carbocycles. The van der Waals surface area contributed by atoms with Crippen molar-refractivity contribution < 1.29 is 9.59 Å². The van der Waals surface area contributed by atoms with Crippen molar-refractivity contribution in [1.82, 2.24) is 29.6 Å². The van der Waals surface area contributed by atoms with Crippen LogP contribution in [0.2, 0.25) is 0 Å². The molecule has 0 aromatic carbocycles. The van der Waals surface area contributed by atoms with Gasteiger partial charge in [0.15, 0.2) is 5.82 Å². The van der Waals surface area contributed by atoms with Crippen molar-refractivity contribution in [3.8, 4) is 0 Å². The maximum atomic E-state index is 13.1. The Kier molecular flexibility index (Phi) is 6.49. The van der Waals surface area contributed by atoms with Crippen molar-refractivity contribution in [3.05, 3.63) is 17.2 Å². The first-order valence-corrected chi connectivity index (χ1v) is 10.0. The first-order valence-electron chi connectivity index (χ1n) is 10.0. The molecule has 27 heavy (non-hydrogen) atoms. The molecule has 2 aliphatic rings. The van der Waals surface area contributed by atoms with E-state index >= 15 is 0 Å². The van der Waals surface area contributed by atoms with Gasteiger partial charge < -0.3 is 24.6 Å². The van der Waals surface area contributed by atoms with Gasteiger partial charge in [-0.15, -0.1) is 0 Å².